The van der Waals surface area contributed by atoms with Crippen LogP contribution in [0.25, 0.3) is 5.57 Å². The van der Waals surface area contributed by atoms with Gasteiger partial charge in [0, 0.05) is 18.6 Å². The SMILES string of the molecule is Cc1ccc(C2=C(N(C)Cc3ccccc3)C(=O)N(c3cccc(Cl)c3C)C2=O)c(C)c1. The molecule has 0 N–H and O–H groups in total. The first kappa shape index (κ1) is 21.8. The number of amides is 2. The number of hydrogen-bond acceptors (Lipinski definition) is 3. The van der Waals surface area contributed by atoms with Crippen molar-refractivity contribution < 1.29 is 9.59 Å². The lowest BCUT2D eigenvalue weighted by atomic mass is 9.97. The van der Waals surface area contributed by atoms with E-state index in [9.17, 15) is 9.59 Å². The fraction of sp³-hybridized carbons (Fsp3) is 0.185. The number of benzene rings is 3. The van der Waals surface area contributed by atoms with E-state index < -0.39 is 0 Å². The first-order valence-electron chi connectivity index (χ1n) is 10.5. The van der Waals surface area contributed by atoms with Gasteiger partial charge in [0.25, 0.3) is 11.8 Å². The third-order valence-corrected chi connectivity index (χ3v) is 6.24. The topological polar surface area (TPSA) is 40.6 Å². The lowest BCUT2D eigenvalue weighted by Gasteiger charge is -2.22. The van der Waals surface area contributed by atoms with Crippen molar-refractivity contribution in [1.29, 1.82) is 0 Å². The largest absolute Gasteiger partial charge is 0.365 e. The van der Waals surface area contributed by atoms with Crippen molar-refractivity contribution >= 4 is 34.7 Å². The van der Waals surface area contributed by atoms with Crippen LogP contribution in [0.5, 0.6) is 0 Å². The highest BCUT2D eigenvalue weighted by atomic mass is 35.5. The van der Waals surface area contributed by atoms with Crippen LogP contribution >= 0.6 is 11.6 Å². The van der Waals surface area contributed by atoms with Gasteiger partial charge in [0.2, 0.25) is 0 Å². The normalized spacial score (nSPS) is 13.8. The molecule has 0 bridgehead atoms. The summed E-state index contributed by atoms with van der Waals surface area (Å²) < 4.78 is 0. The Balaban J connectivity index is 1.87. The summed E-state index contributed by atoms with van der Waals surface area (Å²) in [6.07, 6.45) is 0. The Morgan fingerprint density at radius 3 is 2.28 bits per heavy atom. The maximum atomic E-state index is 13.8. The van der Waals surface area contributed by atoms with Crippen LogP contribution in [0.2, 0.25) is 5.02 Å². The van der Waals surface area contributed by atoms with E-state index in [0.29, 0.717) is 34.1 Å². The molecule has 0 fully saturated rings. The molecule has 3 aromatic carbocycles. The molecule has 4 nitrogen and oxygen atoms in total. The Labute approximate surface area is 193 Å². The van der Waals surface area contributed by atoms with Crippen molar-refractivity contribution in [2.45, 2.75) is 27.3 Å². The van der Waals surface area contributed by atoms with E-state index in [1.807, 2.05) is 81.2 Å². The van der Waals surface area contributed by atoms with E-state index in [4.69, 9.17) is 11.6 Å². The highest BCUT2D eigenvalue weighted by Crippen LogP contribution is 2.38. The van der Waals surface area contributed by atoms with Crippen LogP contribution in [0.4, 0.5) is 5.69 Å². The quantitative estimate of drug-likeness (QED) is 0.475. The molecule has 0 aliphatic carbocycles. The van der Waals surface area contributed by atoms with Gasteiger partial charge in [0.1, 0.15) is 5.70 Å². The lowest BCUT2D eigenvalue weighted by molar-refractivity contribution is -0.120. The summed E-state index contributed by atoms with van der Waals surface area (Å²) >= 11 is 6.32. The van der Waals surface area contributed by atoms with Gasteiger partial charge in [-0.25, -0.2) is 4.90 Å². The van der Waals surface area contributed by atoms with E-state index in [1.165, 1.54) is 4.90 Å². The molecule has 1 aliphatic rings. The van der Waals surface area contributed by atoms with Crippen LogP contribution in [-0.2, 0) is 16.1 Å². The maximum Gasteiger partial charge on any atom is 0.282 e. The molecular weight excluding hydrogens is 420 g/mol. The smallest absolute Gasteiger partial charge is 0.282 e. The Hall–Kier alpha value is -3.37. The van der Waals surface area contributed by atoms with Crippen LogP contribution in [0.1, 0.15) is 27.8 Å². The molecule has 4 rings (SSSR count). The van der Waals surface area contributed by atoms with Crippen molar-refractivity contribution in [3.8, 4) is 0 Å². The highest BCUT2D eigenvalue weighted by molar-refractivity contribution is 6.46. The summed E-state index contributed by atoms with van der Waals surface area (Å²) in [5, 5.41) is 0.516. The summed E-state index contributed by atoms with van der Waals surface area (Å²) in [5.41, 5.74) is 5.91. The van der Waals surface area contributed by atoms with Crippen molar-refractivity contribution in [2.24, 2.45) is 0 Å². The zero-order chi connectivity index (χ0) is 23.0. The van der Waals surface area contributed by atoms with E-state index >= 15 is 0 Å². The van der Waals surface area contributed by atoms with Crippen LogP contribution in [-0.4, -0.2) is 23.8 Å². The molecule has 0 aromatic heterocycles. The minimum absolute atomic E-state index is 0.331. The monoisotopic (exact) mass is 444 g/mol. The van der Waals surface area contributed by atoms with Crippen LogP contribution in [0.3, 0.4) is 0 Å². The third kappa shape index (κ3) is 3.82. The molecule has 1 aliphatic heterocycles. The molecule has 162 valence electrons. The average Bonchev–Trinajstić information content (AvgIpc) is 3.01. The van der Waals surface area contributed by atoms with E-state index in [1.54, 1.807) is 18.2 Å². The number of hydrogen-bond donors (Lipinski definition) is 0. The second-order valence-electron chi connectivity index (χ2n) is 8.21. The summed E-state index contributed by atoms with van der Waals surface area (Å²) in [5.74, 6) is -0.670. The van der Waals surface area contributed by atoms with Gasteiger partial charge in [-0.1, -0.05) is 71.8 Å². The van der Waals surface area contributed by atoms with E-state index in [0.717, 1.165) is 22.3 Å². The summed E-state index contributed by atoms with van der Waals surface area (Å²) in [7, 11) is 1.85. The van der Waals surface area contributed by atoms with E-state index in [-0.39, 0.29) is 11.8 Å². The highest BCUT2D eigenvalue weighted by Gasteiger charge is 2.42. The van der Waals surface area contributed by atoms with Gasteiger partial charge in [0.05, 0.1) is 11.3 Å². The fourth-order valence-electron chi connectivity index (χ4n) is 4.20. The number of carbonyl (C=O) groups is 2. The molecule has 0 saturated carbocycles. The third-order valence-electron chi connectivity index (χ3n) is 5.83. The summed E-state index contributed by atoms with van der Waals surface area (Å²) in [4.78, 5) is 30.6. The van der Waals surface area contributed by atoms with Gasteiger partial charge >= 0.3 is 0 Å². The number of halogens is 1. The number of likely N-dealkylation sites (N-methyl/N-ethyl adjacent to an activating group) is 1. The van der Waals surface area contributed by atoms with Gasteiger partial charge in [-0.3, -0.25) is 9.59 Å². The predicted octanol–water partition coefficient (Wildman–Crippen LogP) is 5.68. The molecule has 3 aromatic rings. The minimum atomic E-state index is -0.339. The maximum absolute atomic E-state index is 13.8. The van der Waals surface area contributed by atoms with Gasteiger partial charge in [-0.2, -0.15) is 0 Å². The molecular formula is C27H25ClN2O2. The molecule has 5 heteroatoms. The molecule has 2 amide bonds. The Bertz CT molecular complexity index is 1250. The summed E-state index contributed by atoms with van der Waals surface area (Å²) in [6.45, 7) is 6.30. The first-order valence-corrected chi connectivity index (χ1v) is 10.9. The number of imide groups is 1. The summed E-state index contributed by atoms with van der Waals surface area (Å²) in [6, 6.07) is 21.1. The Kier molecular flexibility index (Phi) is 5.90. The van der Waals surface area contributed by atoms with Gasteiger partial charge in [-0.05, 0) is 55.2 Å². The second kappa shape index (κ2) is 8.64. The molecule has 0 radical (unpaired) electrons. The number of aryl methyl sites for hydroxylation is 2. The van der Waals surface area contributed by atoms with Gasteiger partial charge in [0.15, 0.2) is 0 Å². The van der Waals surface area contributed by atoms with Crippen molar-refractivity contribution in [1.82, 2.24) is 4.90 Å². The Morgan fingerprint density at radius 2 is 1.59 bits per heavy atom. The van der Waals surface area contributed by atoms with Crippen molar-refractivity contribution in [3.05, 3.63) is 105 Å². The van der Waals surface area contributed by atoms with Crippen LogP contribution in [0.15, 0.2) is 72.4 Å². The molecule has 0 saturated heterocycles. The fourth-order valence-corrected chi connectivity index (χ4v) is 4.37. The average molecular weight is 445 g/mol. The number of rotatable bonds is 5. The van der Waals surface area contributed by atoms with Crippen molar-refractivity contribution in [3.63, 3.8) is 0 Å². The van der Waals surface area contributed by atoms with Crippen molar-refractivity contribution in [2.75, 3.05) is 11.9 Å². The van der Waals surface area contributed by atoms with Crippen LogP contribution in [0, 0.1) is 20.8 Å². The number of carbonyl (C=O) groups excluding carboxylic acids is 2. The number of nitrogens with zero attached hydrogens (tertiary/aromatic N) is 2. The molecule has 32 heavy (non-hydrogen) atoms. The second-order valence-corrected chi connectivity index (χ2v) is 8.62. The van der Waals surface area contributed by atoms with Gasteiger partial charge in [-0.15, -0.1) is 0 Å². The minimum Gasteiger partial charge on any atom is -0.365 e. The lowest BCUT2D eigenvalue weighted by Crippen LogP contribution is -2.34. The molecule has 1 heterocycles. The van der Waals surface area contributed by atoms with Crippen LogP contribution < -0.4 is 4.90 Å². The number of anilines is 1. The molecule has 0 spiro atoms. The molecule has 0 atom stereocenters. The zero-order valence-electron chi connectivity index (χ0n) is 18.6. The first-order chi connectivity index (χ1) is 15.3. The standard InChI is InChI=1S/C27H25ClN2O2/c1-17-13-14-21(18(2)15-17)24-25(29(4)16-20-9-6-5-7-10-20)27(32)30(26(24)31)23-12-8-11-22(28)19(23)3/h5-15H,16H2,1-4H3. The molecule has 0 unspecified atom stereocenters. The van der Waals surface area contributed by atoms with E-state index in [2.05, 4.69) is 0 Å². The Morgan fingerprint density at radius 1 is 0.875 bits per heavy atom. The zero-order valence-corrected chi connectivity index (χ0v) is 19.4. The van der Waals surface area contributed by atoms with Gasteiger partial charge < -0.3 is 4.90 Å². The predicted molar refractivity (Wildman–Crippen MR) is 129 cm³/mol.